The van der Waals surface area contributed by atoms with Crippen LogP contribution in [0.1, 0.15) is 99.9 Å². The van der Waals surface area contributed by atoms with Crippen molar-refractivity contribution in [3.8, 4) is 112 Å². The minimum atomic E-state index is -1.92. The molecule has 3 aliphatic carbocycles. The molecule has 0 atom stereocenters. The smallest absolute Gasteiger partial charge is 0.127 e. The minimum Gasteiger partial charge on any atom is -0.458 e. The number of ether oxygens (including phenoxy) is 1. The molecular weight excluding hydrogens is 1880 g/mol. The van der Waals surface area contributed by atoms with Crippen molar-refractivity contribution in [1.29, 1.82) is 0 Å². The normalized spacial score (nSPS) is 14.6. The highest BCUT2D eigenvalue weighted by molar-refractivity contribution is 8.00. The lowest BCUT2D eigenvalue weighted by Gasteiger charge is -2.35. The molecule has 0 unspecified atom stereocenters. The molecule has 726 valence electrons. The Morgan fingerprint density at radius 3 is 0.813 bits per heavy atom. The molecule has 0 radical (unpaired) electrons. The van der Waals surface area contributed by atoms with E-state index in [2.05, 4.69) is 588 Å². The molecule has 21 aromatic rings. The third-order valence-electron chi connectivity index (χ3n) is 32.8. The molecule has 0 saturated heterocycles. The number of anilines is 9. The fourth-order valence-corrected chi connectivity index (χ4v) is 34.0. The summed E-state index contributed by atoms with van der Waals surface area (Å²) in [5, 5.41) is 5.78. The predicted octanol–water partition coefficient (Wildman–Crippen LogP) is 37.4. The number of fused-ring (bicyclic) bond motifs is 15. The lowest BCUT2D eigenvalue weighted by Crippen LogP contribution is -2.56. The number of hydrogen-bond donors (Lipinski definition) is 0. The van der Waals surface area contributed by atoms with Gasteiger partial charge in [0.25, 0.3) is 0 Å². The molecule has 0 N–H and O–H groups in total. The van der Waals surface area contributed by atoms with Crippen LogP contribution in [0, 0.1) is 0 Å². The average molecular weight is 2000 g/mol. The second kappa shape index (κ2) is 37.7. The lowest BCUT2D eigenvalue weighted by atomic mass is 9.77. The SMILES string of the molecule is CC1(C)c2ccccc2-c2ccc(N(c3ccc(-c4ccccc4)cc3)c3ccc(-c4ccc5c(c4)[Si](C)(C)c4ccccc4O5)cc3)cc21.CC1(C)c2ccccc2-c2ccc(N(c3ccc(-c4ccccc4)cc3)c3ccc(-c4ccc5c(c4)[Si](C)(C)c4ccccc4S5)cc3)cc21.CC1(C)c2ccccc2Sc2ccc(-c3ccc(N(c4ccc(-c5ccccc5)cc4)c4ccc5c(c4)C(C)(C)c4ccccc4-5)cc3)cc21. The Kier molecular flexibility index (Phi) is 23.8. The van der Waals surface area contributed by atoms with Gasteiger partial charge in [0, 0.05) is 92.4 Å². The summed E-state index contributed by atoms with van der Waals surface area (Å²) in [6.45, 7) is 28.7. The van der Waals surface area contributed by atoms with Crippen LogP contribution >= 0.6 is 23.5 Å². The maximum Gasteiger partial charge on any atom is 0.127 e. The maximum atomic E-state index is 6.38. The van der Waals surface area contributed by atoms with Crippen molar-refractivity contribution in [2.75, 3.05) is 14.7 Å². The molecule has 0 amide bonds. The molecule has 27 rings (SSSR count). The first kappa shape index (κ1) is 94.9. The topological polar surface area (TPSA) is 19.0 Å². The summed E-state index contributed by atoms with van der Waals surface area (Å²) in [5.41, 5.74) is 43.9. The van der Waals surface area contributed by atoms with E-state index >= 15 is 0 Å². The van der Waals surface area contributed by atoms with Crippen molar-refractivity contribution in [2.45, 2.75) is 123 Å². The van der Waals surface area contributed by atoms with E-state index in [4.69, 9.17) is 4.74 Å². The van der Waals surface area contributed by atoms with Crippen LogP contribution < -0.4 is 40.2 Å². The van der Waals surface area contributed by atoms with Gasteiger partial charge in [0.15, 0.2) is 0 Å². The molecule has 4 nitrogen and oxygen atoms in total. The van der Waals surface area contributed by atoms with Crippen LogP contribution in [0.5, 0.6) is 11.5 Å². The van der Waals surface area contributed by atoms with E-state index in [0.717, 1.165) is 57.0 Å². The van der Waals surface area contributed by atoms with Crippen molar-refractivity contribution in [3.05, 3.63) is 536 Å². The van der Waals surface area contributed by atoms with Crippen LogP contribution in [-0.2, 0) is 21.7 Å². The zero-order valence-corrected chi connectivity index (χ0v) is 90.5. The molecule has 8 heteroatoms. The van der Waals surface area contributed by atoms with Crippen LogP contribution in [0.15, 0.2) is 511 Å². The molecule has 0 spiro atoms. The van der Waals surface area contributed by atoms with Crippen LogP contribution in [0.2, 0.25) is 26.2 Å². The van der Waals surface area contributed by atoms with Crippen LogP contribution in [0.3, 0.4) is 0 Å². The monoisotopic (exact) mass is 2000 g/mol. The molecule has 150 heavy (non-hydrogen) atoms. The van der Waals surface area contributed by atoms with Gasteiger partial charge in [-0.1, -0.05) is 445 Å². The molecule has 21 aromatic carbocycles. The second-order valence-electron chi connectivity index (χ2n) is 43.9. The molecule has 0 aromatic heterocycles. The fourth-order valence-electron chi connectivity index (χ4n) is 24.4. The highest BCUT2D eigenvalue weighted by Crippen LogP contribution is 2.57. The van der Waals surface area contributed by atoms with Crippen LogP contribution in [-0.4, -0.2) is 16.1 Å². The third-order valence-corrected chi connectivity index (χ3v) is 42.6. The van der Waals surface area contributed by atoms with Crippen LogP contribution in [0.4, 0.5) is 51.2 Å². The largest absolute Gasteiger partial charge is 0.458 e. The molecule has 0 bridgehead atoms. The summed E-state index contributed by atoms with van der Waals surface area (Å²) < 4.78 is 6.38. The Morgan fingerprint density at radius 1 is 0.167 bits per heavy atom. The Morgan fingerprint density at radius 2 is 0.413 bits per heavy atom. The van der Waals surface area contributed by atoms with E-state index in [0.29, 0.717) is 0 Å². The summed E-state index contributed by atoms with van der Waals surface area (Å²) >= 11 is 3.81. The molecular formula is C142H117N3OS2Si2. The van der Waals surface area contributed by atoms with Gasteiger partial charge >= 0.3 is 0 Å². The highest BCUT2D eigenvalue weighted by Gasteiger charge is 2.43. The van der Waals surface area contributed by atoms with Gasteiger partial charge in [-0.25, -0.2) is 0 Å². The standard InChI is InChI=1S/C48H39NS.C47H39NOSi.C47H39NSSi/c1-47(2)41-15-9-8-14-39(41)40-28-27-38(31-43(40)47)49(36-23-18-33(19-24-36)32-12-6-5-7-13-32)37-25-20-34(21-26-37)35-22-29-46-44(30-35)48(3,4)42-16-10-11-17-45(42)50-46;2*1-47(2)41-15-9-8-14-39(41)40-28-27-38(31-42(40)47)48(36-23-18-33(19-24-36)32-12-6-5-7-13-32)37-25-20-34(21-26-37)35-22-29-44-46(30-35)50(3,4)45-17-11-10-16-43(45)49-44/h3*5-31H,1-4H3. The van der Waals surface area contributed by atoms with Gasteiger partial charge in [-0.3, -0.25) is 0 Å². The Balaban J connectivity index is 0.000000116. The van der Waals surface area contributed by atoms with Gasteiger partial charge in [-0.05, 0) is 317 Å². The number of rotatable bonds is 15. The second-order valence-corrected chi connectivity index (χ2v) is 54.7. The van der Waals surface area contributed by atoms with Gasteiger partial charge in [0.05, 0.1) is 0 Å². The first-order valence-electron chi connectivity index (χ1n) is 52.5. The summed E-state index contributed by atoms with van der Waals surface area (Å²) in [5.74, 6) is 2.00. The van der Waals surface area contributed by atoms with Gasteiger partial charge in [-0.15, -0.1) is 0 Å². The number of nitrogens with zero attached hydrogens (tertiary/aromatic N) is 3. The first-order valence-corrected chi connectivity index (χ1v) is 60.2. The third kappa shape index (κ3) is 16.7. The average Bonchev–Trinajstić information content (AvgIpc) is 1.55. The molecule has 3 heterocycles. The summed E-state index contributed by atoms with van der Waals surface area (Å²) in [6.07, 6.45) is 0. The Hall–Kier alpha value is -16.0. The zero-order chi connectivity index (χ0) is 102. The highest BCUT2D eigenvalue weighted by atomic mass is 32.2. The van der Waals surface area contributed by atoms with E-state index < -0.39 is 16.1 Å². The zero-order valence-electron chi connectivity index (χ0n) is 86.8. The molecule has 3 aliphatic heterocycles. The Labute approximate surface area is 894 Å². The van der Waals surface area contributed by atoms with E-state index in [1.807, 2.05) is 23.5 Å². The van der Waals surface area contributed by atoms with Crippen molar-refractivity contribution in [1.82, 2.24) is 0 Å². The summed E-state index contributed by atoms with van der Waals surface area (Å²) in [7, 11) is -3.74. The number of hydrogen-bond acceptors (Lipinski definition) is 6. The van der Waals surface area contributed by atoms with E-state index in [1.54, 1.807) is 5.19 Å². The first-order chi connectivity index (χ1) is 72.9. The van der Waals surface area contributed by atoms with Crippen molar-refractivity contribution >= 4 is 112 Å². The van der Waals surface area contributed by atoms with Gasteiger partial charge in [0.1, 0.15) is 27.6 Å². The summed E-state index contributed by atoms with van der Waals surface area (Å²) in [4.78, 5) is 12.7. The quantitative estimate of drug-likeness (QED) is 0.0946. The predicted molar refractivity (Wildman–Crippen MR) is 642 cm³/mol. The molecule has 0 fully saturated rings. The lowest BCUT2D eigenvalue weighted by molar-refractivity contribution is 0.487. The van der Waals surface area contributed by atoms with E-state index in [9.17, 15) is 0 Å². The molecule has 0 saturated carbocycles. The summed E-state index contributed by atoms with van der Waals surface area (Å²) in [6, 6.07) is 181. The van der Waals surface area contributed by atoms with E-state index in [1.165, 1.54) is 185 Å². The Bertz CT molecular complexity index is 7980. The van der Waals surface area contributed by atoms with Gasteiger partial charge in [-0.2, -0.15) is 0 Å². The number of para-hydroxylation sites is 1. The fraction of sp³-hybridized carbons (Fsp3) is 0.113. The van der Waals surface area contributed by atoms with Crippen molar-refractivity contribution < 1.29 is 4.74 Å². The van der Waals surface area contributed by atoms with Crippen LogP contribution in [0.25, 0.3) is 100 Å². The van der Waals surface area contributed by atoms with Crippen molar-refractivity contribution in [2.24, 2.45) is 0 Å². The number of benzene rings is 21. The molecule has 6 aliphatic rings. The van der Waals surface area contributed by atoms with Crippen molar-refractivity contribution in [3.63, 3.8) is 0 Å². The van der Waals surface area contributed by atoms with E-state index in [-0.39, 0.29) is 21.7 Å². The maximum absolute atomic E-state index is 6.38. The minimum absolute atomic E-state index is 0.0587. The van der Waals surface area contributed by atoms with Gasteiger partial charge < -0.3 is 19.4 Å². The van der Waals surface area contributed by atoms with Gasteiger partial charge in [0.2, 0.25) is 0 Å².